The zero-order chi connectivity index (χ0) is 21.6. The zero-order valence-corrected chi connectivity index (χ0v) is 17.4. The molecular formula is C23H28N2O5. The Morgan fingerprint density at radius 1 is 1.10 bits per heavy atom. The number of piperidine rings is 1. The molecule has 2 heterocycles. The summed E-state index contributed by atoms with van der Waals surface area (Å²) < 4.78 is 11.4. The van der Waals surface area contributed by atoms with Crippen LogP contribution in [-0.4, -0.2) is 52.4 Å². The van der Waals surface area contributed by atoms with Gasteiger partial charge in [-0.25, -0.2) is 4.79 Å². The van der Waals surface area contributed by atoms with Crippen LogP contribution in [0.3, 0.4) is 0 Å². The summed E-state index contributed by atoms with van der Waals surface area (Å²) in [7, 11) is 0. The van der Waals surface area contributed by atoms with Crippen molar-refractivity contribution < 1.29 is 24.2 Å². The number of hydrogen-bond acceptors (Lipinski definition) is 5. The number of nitrogens with zero attached hydrogens (tertiary/aromatic N) is 2. The van der Waals surface area contributed by atoms with Crippen LogP contribution in [0.2, 0.25) is 0 Å². The molecule has 2 aromatic rings. The highest BCUT2D eigenvalue weighted by molar-refractivity contribution is 5.81. The van der Waals surface area contributed by atoms with Crippen LogP contribution in [0.4, 0.5) is 4.79 Å². The van der Waals surface area contributed by atoms with Gasteiger partial charge in [0.05, 0.1) is 18.9 Å². The first-order valence-electron chi connectivity index (χ1n) is 10.1. The summed E-state index contributed by atoms with van der Waals surface area (Å²) in [5.74, 6) is -0.913. The highest BCUT2D eigenvalue weighted by Crippen LogP contribution is 2.35. The van der Waals surface area contributed by atoms with Gasteiger partial charge in [-0.3, -0.25) is 9.78 Å². The van der Waals surface area contributed by atoms with Crippen LogP contribution in [0.15, 0.2) is 54.7 Å². The van der Waals surface area contributed by atoms with E-state index in [1.807, 2.05) is 30.3 Å². The predicted octanol–water partition coefficient (Wildman–Crippen LogP) is 3.63. The smallest absolute Gasteiger partial charge is 0.410 e. The first-order valence-corrected chi connectivity index (χ1v) is 10.1. The summed E-state index contributed by atoms with van der Waals surface area (Å²) in [5.41, 5.74) is -0.295. The van der Waals surface area contributed by atoms with Crippen LogP contribution in [0.1, 0.15) is 37.9 Å². The predicted molar refractivity (Wildman–Crippen MR) is 111 cm³/mol. The summed E-state index contributed by atoms with van der Waals surface area (Å²) in [6.07, 6.45) is 1.72. The molecule has 0 aliphatic carbocycles. The average Bonchev–Trinajstić information content (AvgIpc) is 2.74. The molecule has 0 spiro atoms. The first-order chi connectivity index (χ1) is 14.3. The van der Waals surface area contributed by atoms with Gasteiger partial charge in [-0.1, -0.05) is 36.4 Å². The van der Waals surface area contributed by atoms with E-state index in [4.69, 9.17) is 9.47 Å². The molecule has 0 atom stereocenters. The number of hydrogen-bond donors (Lipinski definition) is 1. The van der Waals surface area contributed by atoms with E-state index in [-0.39, 0.29) is 6.61 Å². The van der Waals surface area contributed by atoms with Crippen LogP contribution in [0, 0.1) is 0 Å². The van der Waals surface area contributed by atoms with Crippen molar-refractivity contribution in [1.29, 1.82) is 0 Å². The first kappa shape index (κ1) is 21.8. The molecule has 0 unspecified atom stereocenters. The van der Waals surface area contributed by atoms with Gasteiger partial charge in [0.1, 0.15) is 11.0 Å². The number of aliphatic carboxylic acids is 1. The van der Waals surface area contributed by atoms with Gasteiger partial charge < -0.3 is 19.5 Å². The molecule has 7 nitrogen and oxygen atoms in total. The highest BCUT2D eigenvalue weighted by Gasteiger charge is 2.45. The third-order valence-electron chi connectivity index (χ3n) is 5.36. The summed E-state index contributed by atoms with van der Waals surface area (Å²) in [4.78, 5) is 30.5. The fourth-order valence-corrected chi connectivity index (χ4v) is 3.62. The molecule has 0 radical (unpaired) electrons. The number of pyridine rings is 1. The molecule has 1 fully saturated rings. The van der Waals surface area contributed by atoms with Crippen molar-refractivity contribution in [2.75, 3.05) is 19.7 Å². The zero-order valence-electron chi connectivity index (χ0n) is 17.4. The monoisotopic (exact) mass is 412 g/mol. The summed E-state index contributed by atoms with van der Waals surface area (Å²) in [6.45, 7) is 4.89. The lowest BCUT2D eigenvalue weighted by molar-refractivity contribution is -0.146. The summed E-state index contributed by atoms with van der Waals surface area (Å²) in [6, 6.07) is 15.1. The molecule has 1 aliphatic rings. The van der Waals surface area contributed by atoms with E-state index in [1.54, 1.807) is 43.1 Å². The van der Waals surface area contributed by atoms with Crippen molar-refractivity contribution in [3.05, 3.63) is 66.0 Å². The van der Waals surface area contributed by atoms with Gasteiger partial charge in [-0.05, 0) is 44.4 Å². The topological polar surface area (TPSA) is 89.0 Å². The van der Waals surface area contributed by atoms with Crippen molar-refractivity contribution in [2.45, 2.75) is 44.3 Å². The number of aromatic nitrogens is 1. The van der Waals surface area contributed by atoms with E-state index < -0.39 is 23.1 Å². The minimum absolute atomic E-state index is 0.258. The Kier molecular flexibility index (Phi) is 6.72. The summed E-state index contributed by atoms with van der Waals surface area (Å²) >= 11 is 0. The number of rotatable bonds is 7. The molecule has 3 rings (SSSR count). The van der Waals surface area contributed by atoms with Crippen molar-refractivity contribution in [3.8, 4) is 0 Å². The number of carboxylic acids is 1. The quantitative estimate of drug-likeness (QED) is 0.747. The molecular weight excluding hydrogens is 384 g/mol. The summed E-state index contributed by atoms with van der Waals surface area (Å²) in [5, 5.41) is 9.85. The Bertz CT molecular complexity index is 846. The van der Waals surface area contributed by atoms with Gasteiger partial charge in [0.2, 0.25) is 0 Å². The van der Waals surface area contributed by atoms with Gasteiger partial charge in [-0.2, -0.15) is 0 Å². The number of likely N-dealkylation sites (tertiary alicyclic amines) is 1. The molecule has 0 bridgehead atoms. The minimum atomic E-state index is -1.08. The van der Waals surface area contributed by atoms with Crippen LogP contribution in [0.5, 0.6) is 0 Å². The third kappa shape index (κ3) is 5.16. The van der Waals surface area contributed by atoms with Gasteiger partial charge in [0, 0.05) is 19.3 Å². The maximum absolute atomic E-state index is 12.6. The normalized spacial score (nSPS) is 16.1. The van der Waals surface area contributed by atoms with Gasteiger partial charge in [0.25, 0.3) is 0 Å². The number of amides is 1. The average molecular weight is 412 g/mol. The molecule has 1 aromatic carbocycles. The molecule has 7 heteroatoms. The third-order valence-corrected chi connectivity index (χ3v) is 5.36. The molecule has 1 amide bonds. The molecule has 160 valence electrons. The fourth-order valence-electron chi connectivity index (χ4n) is 3.62. The Labute approximate surface area is 176 Å². The van der Waals surface area contributed by atoms with E-state index >= 15 is 0 Å². The van der Waals surface area contributed by atoms with Gasteiger partial charge >= 0.3 is 12.1 Å². The number of carboxylic acid groups (broad SMARTS) is 1. The minimum Gasteiger partial charge on any atom is -0.481 e. The van der Waals surface area contributed by atoms with Gasteiger partial charge in [-0.15, -0.1) is 0 Å². The molecule has 1 N–H and O–H groups in total. The second kappa shape index (κ2) is 9.26. The molecule has 1 aliphatic heterocycles. The number of benzene rings is 1. The van der Waals surface area contributed by atoms with Crippen LogP contribution in [-0.2, 0) is 26.3 Å². The van der Waals surface area contributed by atoms with E-state index in [1.165, 1.54) is 0 Å². The molecule has 1 saturated heterocycles. The van der Waals surface area contributed by atoms with Crippen LogP contribution < -0.4 is 0 Å². The maximum atomic E-state index is 12.6. The van der Waals surface area contributed by atoms with Crippen molar-refractivity contribution in [3.63, 3.8) is 0 Å². The Balaban J connectivity index is 1.53. The Hall–Kier alpha value is -2.93. The second-order valence-electron chi connectivity index (χ2n) is 8.20. The van der Waals surface area contributed by atoms with Crippen molar-refractivity contribution in [2.24, 2.45) is 0 Å². The molecule has 30 heavy (non-hydrogen) atoms. The second-order valence-corrected chi connectivity index (χ2v) is 8.20. The number of ether oxygens (including phenoxy) is 2. The van der Waals surface area contributed by atoms with Crippen molar-refractivity contribution >= 4 is 12.1 Å². The molecule has 0 saturated carbocycles. The van der Waals surface area contributed by atoms with E-state index in [0.717, 1.165) is 5.56 Å². The SMILES string of the molecule is CC(C)(COCc1ccccc1)OC(=O)N1CCC(C(=O)O)(c2ccccn2)CC1. The lowest BCUT2D eigenvalue weighted by atomic mass is 9.75. The molecule has 1 aromatic heterocycles. The van der Waals surface area contributed by atoms with Gasteiger partial charge in [0.15, 0.2) is 0 Å². The fraction of sp³-hybridized carbons (Fsp3) is 0.435. The highest BCUT2D eigenvalue weighted by atomic mass is 16.6. The Morgan fingerprint density at radius 3 is 2.37 bits per heavy atom. The van der Waals surface area contributed by atoms with Crippen LogP contribution in [0.25, 0.3) is 0 Å². The lowest BCUT2D eigenvalue weighted by Crippen LogP contribution is -2.51. The largest absolute Gasteiger partial charge is 0.481 e. The van der Waals surface area contributed by atoms with E-state index in [0.29, 0.717) is 38.2 Å². The van der Waals surface area contributed by atoms with E-state index in [9.17, 15) is 14.7 Å². The standard InChI is InChI=1S/C23H28N2O5/c1-22(2,17-29-16-18-8-4-3-5-9-18)30-21(28)25-14-11-23(12-15-25,20(26)27)19-10-6-7-13-24-19/h3-10,13H,11-12,14-17H2,1-2H3,(H,26,27). The van der Waals surface area contributed by atoms with Crippen LogP contribution >= 0.6 is 0 Å². The van der Waals surface area contributed by atoms with E-state index in [2.05, 4.69) is 4.98 Å². The van der Waals surface area contributed by atoms with Crippen molar-refractivity contribution in [1.82, 2.24) is 9.88 Å². The number of carbonyl (C=O) groups is 2. The lowest BCUT2D eigenvalue weighted by Gasteiger charge is -2.39. The Morgan fingerprint density at radius 2 is 1.77 bits per heavy atom. The maximum Gasteiger partial charge on any atom is 0.410 e. The number of carbonyl (C=O) groups excluding carboxylic acids is 1.